The van der Waals surface area contributed by atoms with Crippen LogP contribution in [0.3, 0.4) is 0 Å². The fraction of sp³-hybridized carbons (Fsp3) is 0.857. The summed E-state index contributed by atoms with van der Waals surface area (Å²) in [5.41, 5.74) is 0. The van der Waals surface area contributed by atoms with Crippen molar-refractivity contribution in [3.05, 3.63) is 0 Å². The number of nitrogens with one attached hydrogen (secondary N) is 1. The van der Waals surface area contributed by atoms with Gasteiger partial charge in [-0.25, -0.2) is 0 Å². The Morgan fingerprint density at radius 2 is 1.90 bits per heavy atom. The Morgan fingerprint density at radius 1 is 1.40 bits per heavy atom. The predicted molar refractivity (Wildman–Crippen MR) is 47.0 cm³/mol. The second-order valence-electron chi connectivity index (χ2n) is 3.19. The Labute approximate surface area is 64.6 Å². The highest BCUT2D eigenvalue weighted by atomic mass is 28.3. The topological polar surface area (TPSA) is 29.1 Å². The molecule has 1 heterocycles. The van der Waals surface area contributed by atoms with Gasteiger partial charge >= 0.3 is 0 Å². The van der Waals surface area contributed by atoms with Gasteiger partial charge in [0.25, 0.3) is 0 Å². The molecule has 1 fully saturated rings. The third kappa shape index (κ3) is 7.69. The zero-order valence-corrected chi connectivity index (χ0v) is 8.26. The summed E-state index contributed by atoms with van der Waals surface area (Å²) in [5.74, 6) is 0.204. The molecular weight excluding hydrogens is 142 g/mol. The molecule has 0 unspecified atom stereocenters. The summed E-state index contributed by atoms with van der Waals surface area (Å²) in [6.45, 7) is 7.80. The molecule has 60 valence electrons. The average molecular weight is 159 g/mol. The maximum atomic E-state index is 10.1. The van der Waals surface area contributed by atoms with Crippen LogP contribution >= 0.6 is 0 Å². The molecule has 2 nitrogen and oxygen atoms in total. The standard InChI is InChI=1S/C4H7NO.C3H10Si/c6-4-2-1-3-5-4;1-4(2)3/h1-3H2,(H,5,6);4H,1-3H3. The van der Waals surface area contributed by atoms with Crippen molar-refractivity contribution < 1.29 is 4.79 Å². The van der Waals surface area contributed by atoms with Gasteiger partial charge in [0.15, 0.2) is 0 Å². The van der Waals surface area contributed by atoms with E-state index in [4.69, 9.17) is 0 Å². The molecule has 0 spiro atoms. The van der Waals surface area contributed by atoms with Crippen molar-refractivity contribution >= 4 is 14.7 Å². The van der Waals surface area contributed by atoms with Gasteiger partial charge in [0.2, 0.25) is 5.91 Å². The third-order valence-corrected chi connectivity index (χ3v) is 0.903. The van der Waals surface area contributed by atoms with Gasteiger partial charge in [0.1, 0.15) is 0 Å². The highest BCUT2D eigenvalue weighted by molar-refractivity contribution is 6.54. The van der Waals surface area contributed by atoms with E-state index in [1.54, 1.807) is 0 Å². The Morgan fingerprint density at radius 3 is 2.00 bits per heavy atom. The predicted octanol–water partition coefficient (Wildman–Crippen LogP) is 0.999. The molecule has 10 heavy (non-hydrogen) atoms. The molecule has 1 rings (SSSR count). The number of rotatable bonds is 0. The van der Waals surface area contributed by atoms with Crippen LogP contribution in [-0.4, -0.2) is 21.2 Å². The monoisotopic (exact) mass is 159 g/mol. The number of hydrogen-bond donors (Lipinski definition) is 1. The molecule has 0 aromatic carbocycles. The first-order valence-electron chi connectivity index (χ1n) is 3.89. The van der Waals surface area contributed by atoms with Crippen LogP contribution in [0.4, 0.5) is 0 Å². The van der Waals surface area contributed by atoms with Crippen LogP contribution in [0.5, 0.6) is 0 Å². The Bertz CT molecular complexity index is 93.0. The summed E-state index contributed by atoms with van der Waals surface area (Å²) >= 11 is 0. The second kappa shape index (κ2) is 5.47. The highest BCUT2D eigenvalue weighted by Crippen LogP contribution is 1.93. The van der Waals surface area contributed by atoms with Crippen molar-refractivity contribution in [2.45, 2.75) is 32.5 Å². The van der Waals surface area contributed by atoms with Crippen molar-refractivity contribution in [2.75, 3.05) is 6.54 Å². The van der Waals surface area contributed by atoms with Crippen LogP contribution < -0.4 is 5.32 Å². The number of amides is 1. The van der Waals surface area contributed by atoms with Gasteiger partial charge in [-0.3, -0.25) is 4.79 Å². The maximum Gasteiger partial charge on any atom is 0.220 e. The van der Waals surface area contributed by atoms with Crippen molar-refractivity contribution in [2.24, 2.45) is 0 Å². The average Bonchev–Trinajstić information content (AvgIpc) is 2.15. The van der Waals surface area contributed by atoms with Crippen LogP contribution in [0, 0.1) is 0 Å². The number of carbonyl (C=O) groups is 1. The fourth-order valence-corrected chi connectivity index (χ4v) is 0.565. The summed E-state index contributed by atoms with van der Waals surface area (Å²) in [4.78, 5) is 10.1. The molecule has 3 heteroatoms. The second-order valence-corrected chi connectivity index (χ2v) is 6.65. The first-order chi connectivity index (χ1) is 4.63. The van der Waals surface area contributed by atoms with E-state index in [1.807, 2.05) is 0 Å². The summed E-state index contributed by atoms with van der Waals surface area (Å²) in [7, 11) is -0.139. The normalized spacial score (nSPS) is 16.2. The Kier molecular flexibility index (Phi) is 5.30. The molecule has 1 aliphatic heterocycles. The largest absolute Gasteiger partial charge is 0.356 e. The van der Waals surface area contributed by atoms with Crippen LogP contribution in [0.25, 0.3) is 0 Å². The minimum absolute atomic E-state index is 0.139. The van der Waals surface area contributed by atoms with Gasteiger partial charge in [-0.05, 0) is 6.42 Å². The molecule has 0 aromatic heterocycles. The van der Waals surface area contributed by atoms with E-state index in [2.05, 4.69) is 25.0 Å². The molecule has 0 saturated carbocycles. The van der Waals surface area contributed by atoms with Gasteiger partial charge < -0.3 is 5.32 Å². The van der Waals surface area contributed by atoms with Crippen LogP contribution in [-0.2, 0) is 4.79 Å². The molecule has 1 N–H and O–H groups in total. The van der Waals surface area contributed by atoms with Crippen molar-refractivity contribution in [1.29, 1.82) is 0 Å². The first kappa shape index (κ1) is 9.69. The minimum atomic E-state index is -0.139. The van der Waals surface area contributed by atoms with Crippen molar-refractivity contribution in [3.63, 3.8) is 0 Å². The number of carbonyl (C=O) groups excluding carboxylic acids is 1. The van der Waals surface area contributed by atoms with Crippen molar-refractivity contribution in [1.82, 2.24) is 5.32 Å². The quantitative estimate of drug-likeness (QED) is 0.525. The minimum Gasteiger partial charge on any atom is -0.356 e. The molecule has 0 aliphatic carbocycles. The lowest BCUT2D eigenvalue weighted by Gasteiger charge is -1.80. The summed E-state index contributed by atoms with van der Waals surface area (Å²) in [5, 5.41) is 2.68. The number of hydrogen-bond acceptors (Lipinski definition) is 1. The molecule has 0 bridgehead atoms. The third-order valence-electron chi connectivity index (χ3n) is 0.903. The van der Waals surface area contributed by atoms with E-state index in [9.17, 15) is 4.79 Å². The SMILES string of the molecule is C[SiH](C)C.O=C1CCCN1. The smallest absolute Gasteiger partial charge is 0.220 e. The van der Waals surface area contributed by atoms with Crippen LogP contribution in [0.1, 0.15) is 12.8 Å². The van der Waals surface area contributed by atoms with Gasteiger partial charge in [0, 0.05) is 21.8 Å². The van der Waals surface area contributed by atoms with E-state index < -0.39 is 0 Å². The zero-order valence-electron chi connectivity index (χ0n) is 7.11. The lowest BCUT2D eigenvalue weighted by Crippen LogP contribution is -2.12. The van der Waals surface area contributed by atoms with E-state index in [1.165, 1.54) is 0 Å². The fourth-order valence-electron chi connectivity index (χ4n) is 0.565. The van der Waals surface area contributed by atoms with Crippen molar-refractivity contribution in [3.8, 4) is 0 Å². The molecular formula is C7H17NOSi. The molecule has 0 radical (unpaired) electrons. The molecule has 1 saturated heterocycles. The van der Waals surface area contributed by atoms with Crippen LogP contribution in [0.2, 0.25) is 19.6 Å². The van der Waals surface area contributed by atoms with Crippen LogP contribution in [0.15, 0.2) is 0 Å². The van der Waals surface area contributed by atoms with Gasteiger partial charge in [-0.2, -0.15) is 0 Å². The Balaban J connectivity index is 0.000000180. The van der Waals surface area contributed by atoms with E-state index >= 15 is 0 Å². The lowest BCUT2D eigenvalue weighted by molar-refractivity contribution is -0.119. The first-order valence-corrected chi connectivity index (χ1v) is 7.36. The summed E-state index contributed by atoms with van der Waals surface area (Å²) in [6.07, 6.45) is 1.76. The van der Waals surface area contributed by atoms with Gasteiger partial charge in [-0.1, -0.05) is 19.6 Å². The molecule has 1 amide bonds. The zero-order chi connectivity index (χ0) is 7.98. The summed E-state index contributed by atoms with van der Waals surface area (Å²) in [6, 6.07) is 0. The highest BCUT2D eigenvalue weighted by Gasteiger charge is 2.05. The molecule has 0 aromatic rings. The van der Waals surface area contributed by atoms with E-state index in [-0.39, 0.29) is 14.7 Å². The summed E-state index contributed by atoms with van der Waals surface area (Å²) < 4.78 is 0. The van der Waals surface area contributed by atoms with E-state index in [0.29, 0.717) is 0 Å². The lowest BCUT2D eigenvalue weighted by atomic mass is 10.4. The van der Waals surface area contributed by atoms with Gasteiger partial charge in [0.05, 0.1) is 0 Å². The van der Waals surface area contributed by atoms with Gasteiger partial charge in [-0.15, -0.1) is 0 Å². The van der Waals surface area contributed by atoms with E-state index in [0.717, 1.165) is 19.4 Å². The molecule has 0 atom stereocenters. The Hall–Kier alpha value is -0.313. The maximum absolute atomic E-state index is 10.1. The molecule has 1 aliphatic rings.